The minimum absolute atomic E-state index is 0.840. The van der Waals surface area contributed by atoms with Crippen molar-refractivity contribution in [1.29, 1.82) is 0 Å². The smallest absolute Gasteiger partial charge is 0.0462 e. The van der Waals surface area contributed by atoms with Gasteiger partial charge in [0.1, 0.15) is 0 Å². The summed E-state index contributed by atoms with van der Waals surface area (Å²) in [5.41, 5.74) is 1.10. The zero-order chi connectivity index (χ0) is 10.1. The maximum absolute atomic E-state index is 4.96. The van der Waals surface area contributed by atoms with Gasteiger partial charge in [0.2, 0.25) is 0 Å². The van der Waals surface area contributed by atoms with Crippen LogP contribution in [0.15, 0.2) is 30.3 Å². The zero-order valence-electron chi connectivity index (χ0n) is 8.62. The Balaban J connectivity index is 2.21. The standard InChI is InChI=1S/C13H16O/c1-14-12-8-3-2-5-9-13-10-6-4-7-11-13/h4,6-7,10-11H,2-3,8,12H2,1H3. The van der Waals surface area contributed by atoms with Gasteiger partial charge < -0.3 is 4.74 Å². The lowest BCUT2D eigenvalue weighted by molar-refractivity contribution is 0.193. The van der Waals surface area contributed by atoms with Crippen molar-refractivity contribution in [3.63, 3.8) is 0 Å². The van der Waals surface area contributed by atoms with Crippen molar-refractivity contribution >= 4 is 0 Å². The Hall–Kier alpha value is -1.26. The van der Waals surface area contributed by atoms with E-state index in [4.69, 9.17) is 4.74 Å². The molecule has 1 rings (SSSR count). The second-order valence-corrected chi connectivity index (χ2v) is 3.12. The Labute approximate surface area is 86.1 Å². The molecule has 0 fully saturated rings. The van der Waals surface area contributed by atoms with Gasteiger partial charge in [-0.3, -0.25) is 0 Å². The predicted molar refractivity (Wildman–Crippen MR) is 59.0 cm³/mol. The van der Waals surface area contributed by atoms with Crippen molar-refractivity contribution in [2.45, 2.75) is 19.3 Å². The summed E-state index contributed by atoms with van der Waals surface area (Å²) in [6, 6.07) is 10.1. The minimum Gasteiger partial charge on any atom is -0.385 e. The summed E-state index contributed by atoms with van der Waals surface area (Å²) in [5, 5.41) is 0. The van der Waals surface area contributed by atoms with E-state index in [-0.39, 0.29) is 0 Å². The molecule has 1 aromatic rings. The van der Waals surface area contributed by atoms with Gasteiger partial charge >= 0.3 is 0 Å². The van der Waals surface area contributed by atoms with Crippen molar-refractivity contribution in [1.82, 2.24) is 0 Å². The predicted octanol–water partition coefficient (Wildman–Crippen LogP) is 2.85. The lowest BCUT2D eigenvalue weighted by Gasteiger charge is -1.93. The van der Waals surface area contributed by atoms with Gasteiger partial charge in [-0.1, -0.05) is 30.0 Å². The monoisotopic (exact) mass is 188 g/mol. The molecule has 1 aromatic carbocycles. The summed E-state index contributed by atoms with van der Waals surface area (Å²) < 4.78 is 4.96. The Kier molecular flexibility index (Phi) is 5.54. The highest BCUT2D eigenvalue weighted by Gasteiger charge is 1.84. The first-order chi connectivity index (χ1) is 6.93. The van der Waals surface area contributed by atoms with Crippen molar-refractivity contribution in [2.75, 3.05) is 13.7 Å². The summed E-state index contributed by atoms with van der Waals surface area (Å²) in [6.45, 7) is 0.840. The average molecular weight is 188 g/mol. The molecule has 0 heterocycles. The fourth-order valence-corrected chi connectivity index (χ4v) is 1.15. The van der Waals surface area contributed by atoms with E-state index in [1.165, 1.54) is 0 Å². The third-order valence-electron chi connectivity index (χ3n) is 1.91. The van der Waals surface area contributed by atoms with E-state index in [1.54, 1.807) is 7.11 Å². The molecule has 0 bridgehead atoms. The molecule has 0 radical (unpaired) electrons. The molecular formula is C13H16O. The summed E-state index contributed by atoms with van der Waals surface area (Å²) in [4.78, 5) is 0. The van der Waals surface area contributed by atoms with E-state index < -0.39 is 0 Å². The topological polar surface area (TPSA) is 9.23 Å². The van der Waals surface area contributed by atoms with E-state index >= 15 is 0 Å². The molecule has 0 aliphatic heterocycles. The Morgan fingerprint density at radius 2 is 1.93 bits per heavy atom. The van der Waals surface area contributed by atoms with Crippen LogP contribution in [0.2, 0.25) is 0 Å². The molecule has 0 aliphatic rings. The largest absolute Gasteiger partial charge is 0.385 e. The lowest BCUT2D eigenvalue weighted by atomic mass is 10.2. The quantitative estimate of drug-likeness (QED) is 0.521. The van der Waals surface area contributed by atoms with E-state index in [0.717, 1.165) is 31.4 Å². The third-order valence-corrected chi connectivity index (χ3v) is 1.91. The number of rotatable bonds is 4. The zero-order valence-corrected chi connectivity index (χ0v) is 8.62. The number of ether oxygens (including phenoxy) is 1. The maximum Gasteiger partial charge on any atom is 0.0462 e. The van der Waals surface area contributed by atoms with Crippen molar-refractivity contribution < 1.29 is 4.74 Å². The van der Waals surface area contributed by atoms with Crippen LogP contribution in [0.5, 0.6) is 0 Å². The highest BCUT2D eigenvalue weighted by atomic mass is 16.5. The minimum atomic E-state index is 0.840. The van der Waals surface area contributed by atoms with Gasteiger partial charge in [0.05, 0.1) is 0 Å². The fourth-order valence-electron chi connectivity index (χ4n) is 1.15. The molecule has 0 saturated carbocycles. The van der Waals surface area contributed by atoms with Crippen molar-refractivity contribution in [3.05, 3.63) is 35.9 Å². The van der Waals surface area contributed by atoms with Crippen molar-refractivity contribution in [3.8, 4) is 11.8 Å². The van der Waals surface area contributed by atoms with E-state index in [1.807, 2.05) is 30.3 Å². The third kappa shape index (κ3) is 4.69. The Morgan fingerprint density at radius 1 is 1.14 bits per heavy atom. The molecule has 0 aromatic heterocycles. The van der Waals surface area contributed by atoms with Gasteiger partial charge in [-0.15, -0.1) is 0 Å². The number of unbranched alkanes of at least 4 members (excludes halogenated alkanes) is 2. The van der Waals surface area contributed by atoms with Crippen LogP contribution in [0.25, 0.3) is 0 Å². The summed E-state index contributed by atoms with van der Waals surface area (Å²) in [7, 11) is 1.73. The number of benzene rings is 1. The van der Waals surface area contributed by atoms with E-state index in [0.29, 0.717) is 0 Å². The summed E-state index contributed by atoms with van der Waals surface area (Å²) in [6.07, 6.45) is 3.17. The first-order valence-corrected chi connectivity index (χ1v) is 4.96. The fraction of sp³-hybridized carbons (Fsp3) is 0.385. The maximum atomic E-state index is 4.96. The molecule has 1 heteroatoms. The molecule has 14 heavy (non-hydrogen) atoms. The van der Waals surface area contributed by atoms with Gasteiger partial charge in [-0.2, -0.15) is 0 Å². The lowest BCUT2D eigenvalue weighted by Crippen LogP contribution is -1.86. The highest BCUT2D eigenvalue weighted by Crippen LogP contribution is 1.97. The van der Waals surface area contributed by atoms with Gasteiger partial charge in [-0.05, 0) is 25.0 Å². The van der Waals surface area contributed by atoms with Gasteiger partial charge in [0.15, 0.2) is 0 Å². The van der Waals surface area contributed by atoms with Crippen LogP contribution < -0.4 is 0 Å². The average Bonchev–Trinajstić information content (AvgIpc) is 2.25. The van der Waals surface area contributed by atoms with Crippen molar-refractivity contribution in [2.24, 2.45) is 0 Å². The Bertz CT molecular complexity index is 292. The molecule has 1 nitrogen and oxygen atoms in total. The van der Waals surface area contributed by atoms with Crippen LogP contribution in [0.3, 0.4) is 0 Å². The molecule has 0 unspecified atom stereocenters. The van der Waals surface area contributed by atoms with Gasteiger partial charge in [0, 0.05) is 25.7 Å². The second-order valence-electron chi connectivity index (χ2n) is 3.12. The van der Waals surface area contributed by atoms with Crippen LogP contribution in [-0.2, 0) is 4.74 Å². The summed E-state index contributed by atoms with van der Waals surface area (Å²) in [5.74, 6) is 6.29. The van der Waals surface area contributed by atoms with Gasteiger partial charge in [0.25, 0.3) is 0 Å². The Morgan fingerprint density at radius 3 is 2.64 bits per heavy atom. The summed E-state index contributed by atoms with van der Waals surface area (Å²) >= 11 is 0. The highest BCUT2D eigenvalue weighted by molar-refractivity contribution is 5.33. The van der Waals surface area contributed by atoms with Crippen LogP contribution >= 0.6 is 0 Å². The normalized spacial score (nSPS) is 9.21. The molecule has 0 atom stereocenters. The first kappa shape index (κ1) is 10.8. The van der Waals surface area contributed by atoms with Crippen LogP contribution in [-0.4, -0.2) is 13.7 Å². The molecule has 0 spiro atoms. The van der Waals surface area contributed by atoms with Gasteiger partial charge in [-0.25, -0.2) is 0 Å². The first-order valence-electron chi connectivity index (χ1n) is 4.96. The van der Waals surface area contributed by atoms with Crippen LogP contribution in [0, 0.1) is 11.8 Å². The molecule has 0 saturated heterocycles. The van der Waals surface area contributed by atoms with E-state index in [9.17, 15) is 0 Å². The molecule has 0 amide bonds. The molecule has 74 valence electrons. The number of hydrogen-bond donors (Lipinski definition) is 0. The van der Waals surface area contributed by atoms with Crippen LogP contribution in [0.4, 0.5) is 0 Å². The SMILES string of the molecule is COCCCCC#Cc1ccccc1. The second kappa shape index (κ2) is 7.17. The molecule has 0 aliphatic carbocycles. The number of methoxy groups -OCH3 is 1. The molecule has 0 N–H and O–H groups in total. The van der Waals surface area contributed by atoms with Crippen LogP contribution in [0.1, 0.15) is 24.8 Å². The van der Waals surface area contributed by atoms with E-state index in [2.05, 4.69) is 11.8 Å². The molecular weight excluding hydrogens is 172 g/mol. The number of hydrogen-bond acceptors (Lipinski definition) is 1.